The first kappa shape index (κ1) is 15.1. The maximum atomic E-state index is 6.02. The molecule has 0 saturated heterocycles. The van der Waals surface area contributed by atoms with Crippen LogP contribution in [0.2, 0.25) is 0 Å². The first-order chi connectivity index (χ1) is 9.30. The van der Waals surface area contributed by atoms with E-state index in [1.807, 2.05) is 12.1 Å². The molecule has 2 aromatic rings. The van der Waals surface area contributed by atoms with E-state index in [0.29, 0.717) is 11.3 Å². The third-order valence-corrected chi connectivity index (χ3v) is 4.48. The smallest absolute Gasteiger partial charge is 0.134 e. The normalized spacial score (nSPS) is 15.5. The Morgan fingerprint density at radius 2 is 1.80 bits per heavy atom. The lowest BCUT2D eigenvalue weighted by Gasteiger charge is -2.28. The predicted octanol–water partition coefficient (Wildman–Crippen LogP) is 5.07. The molecule has 1 N–H and O–H groups in total. The van der Waals surface area contributed by atoms with Crippen LogP contribution in [0.25, 0.3) is 11.0 Å². The molecule has 0 aliphatic rings. The van der Waals surface area contributed by atoms with Gasteiger partial charge in [-0.3, -0.25) is 0 Å². The number of fused-ring (bicyclic) bond motifs is 1. The fourth-order valence-electron chi connectivity index (χ4n) is 2.36. The van der Waals surface area contributed by atoms with Crippen molar-refractivity contribution >= 4 is 11.0 Å². The molecule has 1 heterocycles. The zero-order valence-electron chi connectivity index (χ0n) is 13.6. The van der Waals surface area contributed by atoms with Crippen molar-refractivity contribution < 1.29 is 4.42 Å². The molecule has 1 aromatic heterocycles. The van der Waals surface area contributed by atoms with Gasteiger partial charge in [0.05, 0.1) is 6.04 Å². The highest BCUT2D eigenvalue weighted by Crippen LogP contribution is 2.30. The Bertz CT molecular complexity index is 577. The SMILES string of the molecule is Cc1c(C(C)NCC(C)C(C)(C)C)oc2ccccc12. The first-order valence-electron chi connectivity index (χ1n) is 7.52. The van der Waals surface area contributed by atoms with E-state index in [0.717, 1.165) is 17.9 Å². The Labute approximate surface area is 122 Å². The minimum Gasteiger partial charge on any atom is -0.459 e. The van der Waals surface area contributed by atoms with Crippen LogP contribution >= 0.6 is 0 Å². The second-order valence-corrected chi connectivity index (χ2v) is 6.98. The van der Waals surface area contributed by atoms with Gasteiger partial charge in [-0.1, -0.05) is 45.9 Å². The summed E-state index contributed by atoms with van der Waals surface area (Å²) in [6.07, 6.45) is 0. The highest BCUT2D eigenvalue weighted by atomic mass is 16.3. The second kappa shape index (κ2) is 5.61. The third kappa shape index (κ3) is 3.06. The molecule has 2 atom stereocenters. The van der Waals surface area contributed by atoms with E-state index in [1.165, 1.54) is 10.9 Å². The molecule has 1 aromatic carbocycles. The molecule has 110 valence electrons. The van der Waals surface area contributed by atoms with Crippen molar-refractivity contribution in [1.82, 2.24) is 5.32 Å². The molecule has 0 spiro atoms. The lowest BCUT2D eigenvalue weighted by atomic mass is 9.82. The topological polar surface area (TPSA) is 25.2 Å². The number of aryl methyl sites for hydroxylation is 1. The van der Waals surface area contributed by atoms with Crippen LogP contribution in [-0.2, 0) is 0 Å². The number of hydrogen-bond donors (Lipinski definition) is 1. The van der Waals surface area contributed by atoms with E-state index in [2.05, 4.69) is 59.0 Å². The van der Waals surface area contributed by atoms with Gasteiger partial charge in [0.1, 0.15) is 11.3 Å². The summed E-state index contributed by atoms with van der Waals surface area (Å²) in [6.45, 7) is 14.5. The summed E-state index contributed by atoms with van der Waals surface area (Å²) in [7, 11) is 0. The van der Waals surface area contributed by atoms with Gasteiger partial charge in [-0.25, -0.2) is 0 Å². The van der Waals surface area contributed by atoms with Gasteiger partial charge in [0.25, 0.3) is 0 Å². The van der Waals surface area contributed by atoms with Crippen molar-refractivity contribution in [2.24, 2.45) is 11.3 Å². The Morgan fingerprint density at radius 1 is 1.15 bits per heavy atom. The van der Waals surface area contributed by atoms with E-state index in [-0.39, 0.29) is 6.04 Å². The van der Waals surface area contributed by atoms with E-state index in [1.54, 1.807) is 0 Å². The number of para-hydroxylation sites is 1. The average molecular weight is 273 g/mol. The highest BCUT2D eigenvalue weighted by Gasteiger charge is 2.22. The van der Waals surface area contributed by atoms with Crippen LogP contribution in [0.5, 0.6) is 0 Å². The van der Waals surface area contributed by atoms with Gasteiger partial charge in [-0.15, -0.1) is 0 Å². The molecule has 0 saturated carbocycles. The quantitative estimate of drug-likeness (QED) is 0.841. The summed E-state index contributed by atoms with van der Waals surface area (Å²) >= 11 is 0. The van der Waals surface area contributed by atoms with Gasteiger partial charge >= 0.3 is 0 Å². The van der Waals surface area contributed by atoms with E-state index in [9.17, 15) is 0 Å². The van der Waals surface area contributed by atoms with Crippen molar-refractivity contribution in [3.05, 3.63) is 35.6 Å². The maximum absolute atomic E-state index is 6.02. The summed E-state index contributed by atoms with van der Waals surface area (Å²) in [4.78, 5) is 0. The summed E-state index contributed by atoms with van der Waals surface area (Å²) < 4.78 is 6.02. The zero-order chi connectivity index (χ0) is 14.9. The van der Waals surface area contributed by atoms with E-state index >= 15 is 0 Å². The summed E-state index contributed by atoms with van der Waals surface area (Å²) in [5, 5.41) is 4.84. The van der Waals surface area contributed by atoms with Crippen molar-refractivity contribution in [3.63, 3.8) is 0 Å². The maximum Gasteiger partial charge on any atom is 0.134 e. The van der Waals surface area contributed by atoms with Crippen LogP contribution < -0.4 is 5.32 Å². The minimum absolute atomic E-state index is 0.243. The highest BCUT2D eigenvalue weighted by molar-refractivity contribution is 5.82. The largest absolute Gasteiger partial charge is 0.459 e. The molecule has 0 bridgehead atoms. The number of furan rings is 1. The molecule has 20 heavy (non-hydrogen) atoms. The molecular weight excluding hydrogens is 246 g/mol. The van der Waals surface area contributed by atoms with Crippen molar-refractivity contribution in [2.45, 2.75) is 47.6 Å². The summed E-state index contributed by atoms with van der Waals surface area (Å²) in [6, 6.07) is 8.49. The number of benzene rings is 1. The van der Waals surface area contributed by atoms with Crippen LogP contribution in [0.4, 0.5) is 0 Å². The Kier molecular flexibility index (Phi) is 4.24. The Balaban J connectivity index is 2.12. The van der Waals surface area contributed by atoms with Crippen molar-refractivity contribution in [2.75, 3.05) is 6.54 Å². The fraction of sp³-hybridized carbons (Fsp3) is 0.556. The molecule has 0 aliphatic carbocycles. The van der Waals surface area contributed by atoms with Gasteiger partial charge in [0, 0.05) is 5.39 Å². The van der Waals surface area contributed by atoms with Gasteiger partial charge in [0.2, 0.25) is 0 Å². The molecule has 2 unspecified atom stereocenters. The number of hydrogen-bond acceptors (Lipinski definition) is 2. The monoisotopic (exact) mass is 273 g/mol. The minimum atomic E-state index is 0.243. The van der Waals surface area contributed by atoms with Gasteiger partial charge < -0.3 is 9.73 Å². The summed E-state index contributed by atoms with van der Waals surface area (Å²) in [5.41, 5.74) is 2.57. The van der Waals surface area contributed by atoms with Crippen molar-refractivity contribution in [3.8, 4) is 0 Å². The number of nitrogens with one attached hydrogen (secondary N) is 1. The lowest BCUT2D eigenvalue weighted by molar-refractivity contribution is 0.243. The van der Waals surface area contributed by atoms with Gasteiger partial charge in [0.15, 0.2) is 0 Å². The van der Waals surface area contributed by atoms with Crippen molar-refractivity contribution in [1.29, 1.82) is 0 Å². The molecule has 0 radical (unpaired) electrons. The summed E-state index contributed by atoms with van der Waals surface area (Å²) in [5.74, 6) is 1.68. The lowest BCUT2D eigenvalue weighted by Crippen LogP contribution is -2.31. The Hall–Kier alpha value is -1.28. The molecule has 0 fully saturated rings. The molecule has 2 nitrogen and oxygen atoms in total. The third-order valence-electron chi connectivity index (χ3n) is 4.48. The molecular formula is C18H27NO. The molecule has 0 aliphatic heterocycles. The van der Waals surface area contributed by atoms with E-state index in [4.69, 9.17) is 4.42 Å². The number of rotatable bonds is 4. The standard InChI is InChI=1S/C18H27NO/c1-12(18(4,5)6)11-19-14(3)17-13(2)15-9-7-8-10-16(15)20-17/h7-10,12,14,19H,11H2,1-6H3. The predicted molar refractivity (Wildman–Crippen MR) is 86.0 cm³/mol. The molecule has 2 rings (SSSR count). The molecule has 0 amide bonds. The van der Waals surface area contributed by atoms with Gasteiger partial charge in [-0.05, 0) is 43.4 Å². The van der Waals surface area contributed by atoms with Gasteiger partial charge in [-0.2, -0.15) is 0 Å². The molecule has 2 heteroatoms. The first-order valence-corrected chi connectivity index (χ1v) is 7.52. The van der Waals surface area contributed by atoms with Crippen LogP contribution in [-0.4, -0.2) is 6.54 Å². The zero-order valence-corrected chi connectivity index (χ0v) is 13.6. The van der Waals surface area contributed by atoms with Crippen LogP contribution in [0, 0.1) is 18.3 Å². The Morgan fingerprint density at radius 3 is 2.40 bits per heavy atom. The second-order valence-electron chi connectivity index (χ2n) is 6.98. The van der Waals surface area contributed by atoms with E-state index < -0.39 is 0 Å². The fourth-order valence-corrected chi connectivity index (χ4v) is 2.36. The van der Waals surface area contributed by atoms with Crippen LogP contribution in [0.1, 0.15) is 52.0 Å². The van der Waals surface area contributed by atoms with Crippen LogP contribution in [0.15, 0.2) is 28.7 Å². The van der Waals surface area contributed by atoms with Crippen LogP contribution in [0.3, 0.4) is 0 Å². The average Bonchev–Trinajstić information content (AvgIpc) is 2.72.